The number of sulfonamides is 1. The first-order chi connectivity index (χ1) is 14.6. The number of carboxylic acids is 1. The highest BCUT2D eigenvalue weighted by Gasteiger charge is 2.17. The molecule has 0 unspecified atom stereocenters. The average Bonchev–Trinajstić information content (AvgIpc) is 2.71. The van der Waals surface area contributed by atoms with Gasteiger partial charge < -0.3 is 10.4 Å². The van der Waals surface area contributed by atoms with Crippen LogP contribution in [0.5, 0.6) is 0 Å². The van der Waals surface area contributed by atoms with Crippen LogP contribution in [0.15, 0.2) is 65.6 Å². The lowest BCUT2D eigenvalue weighted by molar-refractivity contribution is 0.0698. The Morgan fingerprint density at radius 1 is 0.903 bits per heavy atom. The third-order valence-corrected chi connectivity index (χ3v) is 6.87. The fourth-order valence-corrected chi connectivity index (χ4v) is 4.39. The molecular formula is C20H13Cl2IN2O5S. The summed E-state index contributed by atoms with van der Waals surface area (Å²) >= 11 is 13.7. The summed E-state index contributed by atoms with van der Waals surface area (Å²) in [6, 6.07) is 14.1. The van der Waals surface area contributed by atoms with Crippen LogP contribution in [0.2, 0.25) is 10.0 Å². The highest BCUT2D eigenvalue weighted by molar-refractivity contribution is 14.1. The summed E-state index contributed by atoms with van der Waals surface area (Å²) < 4.78 is 28.2. The van der Waals surface area contributed by atoms with Crippen LogP contribution in [-0.4, -0.2) is 25.4 Å². The van der Waals surface area contributed by atoms with Gasteiger partial charge in [-0.15, -0.1) is 0 Å². The van der Waals surface area contributed by atoms with Gasteiger partial charge in [-0.25, -0.2) is 13.2 Å². The fourth-order valence-electron chi connectivity index (χ4n) is 2.56. The summed E-state index contributed by atoms with van der Waals surface area (Å²) in [7, 11) is -3.93. The Hall–Kier alpha value is -2.34. The van der Waals surface area contributed by atoms with E-state index in [2.05, 4.69) is 10.0 Å². The second kappa shape index (κ2) is 9.43. The molecule has 0 fully saturated rings. The first-order valence-corrected chi connectivity index (χ1v) is 11.8. The third-order valence-electron chi connectivity index (χ3n) is 4.06. The predicted molar refractivity (Wildman–Crippen MR) is 128 cm³/mol. The number of anilines is 2. The second-order valence-corrected chi connectivity index (χ2v) is 9.95. The third kappa shape index (κ3) is 5.67. The van der Waals surface area contributed by atoms with Crippen molar-refractivity contribution < 1.29 is 23.1 Å². The van der Waals surface area contributed by atoms with Crippen molar-refractivity contribution in [1.82, 2.24) is 0 Å². The number of carboxylic acid groups (broad SMARTS) is 1. The van der Waals surface area contributed by atoms with Gasteiger partial charge in [0.25, 0.3) is 15.9 Å². The molecule has 0 saturated carbocycles. The maximum atomic E-state index is 12.6. The van der Waals surface area contributed by atoms with Gasteiger partial charge in [-0.3, -0.25) is 9.52 Å². The Kier molecular flexibility index (Phi) is 7.10. The number of nitrogens with one attached hydrogen (secondary N) is 2. The number of aromatic carboxylic acids is 1. The molecule has 3 rings (SSSR count). The van der Waals surface area contributed by atoms with Crippen LogP contribution in [0.4, 0.5) is 11.4 Å². The Morgan fingerprint density at radius 3 is 2.19 bits per heavy atom. The molecule has 11 heteroatoms. The highest BCUT2D eigenvalue weighted by Crippen LogP contribution is 2.27. The summed E-state index contributed by atoms with van der Waals surface area (Å²) in [4.78, 5) is 23.8. The Bertz CT molecular complexity index is 1280. The highest BCUT2D eigenvalue weighted by atomic mass is 127. The maximum absolute atomic E-state index is 12.6. The van der Waals surface area contributed by atoms with E-state index in [0.717, 1.165) is 0 Å². The van der Waals surface area contributed by atoms with Crippen molar-refractivity contribution in [1.29, 1.82) is 0 Å². The first-order valence-electron chi connectivity index (χ1n) is 8.49. The number of rotatable bonds is 6. The monoisotopic (exact) mass is 590 g/mol. The van der Waals surface area contributed by atoms with Crippen molar-refractivity contribution in [3.05, 3.63) is 85.4 Å². The molecule has 7 nitrogen and oxygen atoms in total. The van der Waals surface area contributed by atoms with E-state index in [0.29, 0.717) is 8.59 Å². The minimum absolute atomic E-state index is 0.0507. The lowest BCUT2D eigenvalue weighted by atomic mass is 10.1. The Labute approximate surface area is 201 Å². The topological polar surface area (TPSA) is 113 Å². The smallest absolute Gasteiger partial charge is 0.337 e. The minimum Gasteiger partial charge on any atom is -0.478 e. The fraction of sp³-hybridized carbons (Fsp3) is 0. The number of halogens is 3. The minimum atomic E-state index is -3.93. The van der Waals surface area contributed by atoms with E-state index in [-0.39, 0.29) is 32.4 Å². The first kappa shape index (κ1) is 23.3. The average molecular weight is 591 g/mol. The normalized spacial score (nSPS) is 11.1. The quantitative estimate of drug-likeness (QED) is 0.335. The van der Waals surface area contributed by atoms with Crippen LogP contribution in [0, 0.1) is 3.57 Å². The van der Waals surface area contributed by atoms with Gasteiger partial charge in [0.2, 0.25) is 0 Å². The SMILES string of the molecule is O=C(Nc1ccc(I)cc1C(=O)O)c1ccc(S(=O)(=O)Nc2ccc(Cl)c(Cl)c2)cc1. The van der Waals surface area contributed by atoms with Crippen molar-refractivity contribution in [3.8, 4) is 0 Å². The van der Waals surface area contributed by atoms with Gasteiger partial charge in [0, 0.05) is 9.13 Å². The molecule has 0 saturated heterocycles. The van der Waals surface area contributed by atoms with Crippen molar-refractivity contribution in [3.63, 3.8) is 0 Å². The largest absolute Gasteiger partial charge is 0.478 e. The lowest BCUT2D eigenvalue weighted by Gasteiger charge is -2.11. The van der Waals surface area contributed by atoms with Crippen LogP contribution < -0.4 is 10.0 Å². The molecule has 0 aliphatic carbocycles. The Morgan fingerprint density at radius 2 is 1.58 bits per heavy atom. The zero-order valence-corrected chi connectivity index (χ0v) is 19.9. The van der Waals surface area contributed by atoms with Gasteiger partial charge in [0.05, 0.1) is 31.9 Å². The lowest BCUT2D eigenvalue weighted by Crippen LogP contribution is -2.16. The summed E-state index contributed by atoms with van der Waals surface area (Å²) in [5, 5.41) is 12.3. The van der Waals surface area contributed by atoms with Crippen LogP contribution in [0.25, 0.3) is 0 Å². The van der Waals surface area contributed by atoms with Gasteiger partial charge in [-0.1, -0.05) is 23.2 Å². The molecule has 0 spiro atoms. The van der Waals surface area contributed by atoms with Crippen molar-refractivity contribution in [2.75, 3.05) is 10.0 Å². The van der Waals surface area contributed by atoms with Crippen LogP contribution in [0.1, 0.15) is 20.7 Å². The van der Waals surface area contributed by atoms with Crippen LogP contribution in [-0.2, 0) is 10.0 Å². The van der Waals surface area contributed by atoms with Crippen molar-refractivity contribution in [2.45, 2.75) is 4.90 Å². The number of benzene rings is 3. The van der Waals surface area contributed by atoms with Crippen LogP contribution in [0.3, 0.4) is 0 Å². The zero-order valence-electron chi connectivity index (χ0n) is 15.4. The van der Waals surface area contributed by atoms with E-state index in [4.69, 9.17) is 23.2 Å². The number of carbonyl (C=O) groups excluding carboxylic acids is 1. The number of hydrogen-bond acceptors (Lipinski definition) is 4. The molecule has 0 radical (unpaired) electrons. The molecule has 0 heterocycles. The van der Waals surface area contributed by atoms with Gasteiger partial charge >= 0.3 is 5.97 Å². The summed E-state index contributed by atoms with van der Waals surface area (Å²) in [5.41, 5.74) is 0.473. The predicted octanol–water partition coefficient (Wildman–Crippen LogP) is 5.35. The van der Waals surface area contributed by atoms with E-state index >= 15 is 0 Å². The molecule has 0 atom stereocenters. The van der Waals surface area contributed by atoms with E-state index < -0.39 is 21.9 Å². The number of hydrogen-bond donors (Lipinski definition) is 3. The Balaban J connectivity index is 1.78. The molecule has 0 bridgehead atoms. The zero-order chi connectivity index (χ0) is 22.8. The molecule has 0 aliphatic rings. The maximum Gasteiger partial charge on any atom is 0.337 e. The van der Waals surface area contributed by atoms with E-state index in [1.54, 1.807) is 6.07 Å². The molecule has 0 aromatic heterocycles. The molecule has 3 N–H and O–H groups in total. The van der Waals surface area contributed by atoms with E-state index in [1.165, 1.54) is 54.6 Å². The number of amides is 1. The van der Waals surface area contributed by atoms with Gasteiger partial charge in [0.15, 0.2) is 0 Å². The molecule has 0 aliphatic heterocycles. The van der Waals surface area contributed by atoms with Crippen molar-refractivity contribution in [2.24, 2.45) is 0 Å². The molecule has 160 valence electrons. The number of carbonyl (C=O) groups is 2. The second-order valence-electron chi connectivity index (χ2n) is 6.21. The molecule has 3 aromatic carbocycles. The summed E-state index contributed by atoms with van der Waals surface area (Å²) in [6.07, 6.45) is 0. The molecular weight excluding hydrogens is 578 g/mol. The van der Waals surface area contributed by atoms with Crippen molar-refractivity contribution >= 4 is 79.1 Å². The summed E-state index contributed by atoms with van der Waals surface area (Å²) in [5.74, 6) is -1.76. The molecule has 3 aromatic rings. The standard InChI is InChI=1S/C20H13Cl2IN2O5S/c21-16-7-4-13(10-17(16)22)25-31(29,30)14-5-1-11(2-6-14)19(26)24-18-8-3-12(23)9-15(18)20(27)28/h1-10,25H,(H,24,26)(H,27,28). The molecule has 1 amide bonds. The van der Waals surface area contributed by atoms with Gasteiger partial charge in [-0.2, -0.15) is 0 Å². The van der Waals surface area contributed by atoms with E-state index in [9.17, 15) is 23.1 Å². The summed E-state index contributed by atoms with van der Waals surface area (Å²) in [6.45, 7) is 0. The molecule has 31 heavy (non-hydrogen) atoms. The van der Waals surface area contributed by atoms with Crippen LogP contribution >= 0.6 is 45.8 Å². The van der Waals surface area contributed by atoms with Gasteiger partial charge in [-0.05, 0) is 83.3 Å². The van der Waals surface area contributed by atoms with E-state index in [1.807, 2.05) is 22.6 Å². The van der Waals surface area contributed by atoms with Gasteiger partial charge in [0.1, 0.15) is 0 Å².